The molecule has 0 saturated carbocycles. The molecule has 1 radical (unpaired) electrons. The van der Waals surface area contributed by atoms with Gasteiger partial charge in [-0.2, -0.15) is 0 Å². The fourth-order valence-electron chi connectivity index (χ4n) is 3.92. The number of piperidine rings is 1. The number of fused-ring (bicyclic) bond motifs is 1. The van der Waals surface area contributed by atoms with Crippen LogP contribution in [0.1, 0.15) is 55.3 Å². The number of anilines is 1. The topological polar surface area (TPSA) is 118 Å². The molecule has 1 atom stereocenters. The fourth-order valence-corrected chi connectivity index (χ4v) is 6.02. The molecule has 3 aromatic heterocycles. The first-order chi connectivity index (χ1) is 15.4. The molecular formula is C22H28AsN8O. The maximum absolute atomic E-state index is 9.45. The Bertz CT molecular complexity index is 1150. The van der Waals surface area contributed by atoms with Gasteiger partial charge in [0.15, 0.2) is 0 Å². The third-order valence-corrected chi connectivity index (χ3v) is 8.36. The minimum absolute atomic E-state index is 0.00453. The Balaban J connectivity index is 1.60. The van der Waals surface area contributed by atoms with Crippen molar-refractivity contribution in [2.24, 2.45) is 0 Å². The monoisotopic (exact) mass is 495 g/mol. The van der Waals surface area contributed by atoms with Crippen molar-refractivity contribution in [3.8, 4) is 11.9 Å². The summed E-state index contributed by atoms with van der Waals surface area (Å²) in [7, 11) is 0. The van der Waals surface area contributed by atoms with E-state index >= 15 is 0 Å². The van der Waals surface area contributed by atoms with Crippen LogP contribution < -0.4 is 15.0 Å². The molecule has 32 heavy (non-hydrogen) atoms. The first kappa shape index (κ1) is 22.5. The quantitative estimate of drug-likeness (QED) is 0.513. The van der Waals surface area contributed by atoms with Crippen molar-refractivity contribution in [2.45, 2.75) is 57.4 Å². The molecule has 0 aromatic carbocycles. The number of nitrogens with zero attached hydrogens (tertiary/aromatic N) is 7. The van der Waals surface area contributed by atoms with E-state index in [0.717, 1.165) is 37.0 Å². The average Bonchev–Trinajstić information content (AvgIpc) is 3.15. The summed E-state index contributed by atoms with van der Waals surface area (Å²) in [5.41, 5.74) is 8.21. The Morgan fingerprint density at radius 3 is 2.69 bits per heavy atom. The molecule has 167 valence electrons. The molecule has 10 heteroatoms. The van der Waals surface area contributed by atoms with Crippen molar-refractivity contribution >= 4 is 31.6 Å². The van der Waals surface area contributed by atoms with Gasteiger partial charge in [-0.15, -0.1) is 0 Å². The number of nitrogens with two attached hydrogens (primary N) is 1. The Kier molecular flexibility index (Phi) is 6.63. The van der Waals surface area contributed by atoms with Crippen LogP contribution in [0.5, 0.6) is 5.88 Å². The van der Waals surface area contributed by atoms with Crippen LogP contribution in [-0.4, -0.2) is 70.5 Å². The zero-order chi connectivity index (χ0) is 22.8. The molecule has 3 aromatic rings. The van der Waals surface area contributed by atoms with Gasteiger partial charge in [-0.1, -0.05) is 0 Å². The number of hydrogen-bond donors (Lipinski definition) is 1. The SMILES string of the molecule is Cc1ccn2nc(C(C)[As]c3ncnc(N)c3C#N)nc(OC3CCN(C(C)C)CC3)c12. The van der Waals surface area contributed by atoms with Crippen LogP contribution in [0.15, 0.2) is 18.6 Å². The van der Waals surface area contributed by atoms with Crippen LogP contribution in [0, 0.1) is 18.3 Å². The molecule has 1 saturated heterocycles. The van der Waals surface area contributed by atoms with Gasteiger partial charge in [-0.05, 0) is 0 Å². The summed E-state index contributed by atoms with van der Waals surface area (Å²) in [6, 6.07) is 4.71. The zero-order valence-corrected chi connectivity index (χ0v) is 20.7. The van der Waals surface area contributed by atoms with E-state index in [0.29, 0.717) is 27.8 Å². The van der Waals surface area contributed by atoms with E-state index < -0.39 is 15.8 Å². The molecule has 0 amide bonds. The van der Waals surface area contributed by atoms with Crippen molar-refractivity contribution in [3.63, 3.8) is 0 Å². The van der Waals surface area contributed by atoms with Gasteiger partial charge in [0.2, 0.25) is 0 Å². The Morgan fingerprint density at radius 1 is 1.25 bits per heavy atom. The summed E-state index contributed by atoms with van der Waals surface area (Å²) in [6.07, 6.45) is 5.45. The maximum atomic E-state index is 9.45. The van der Waals surface area contributed by atoms with E-state index in [4.69, 9.17) is 20.6 Å². The van der Waals surface area contributed by atoms with Crippen molar-refractivity contribution in [1.82, 2.24) is 29.5 Å². The number of hydrogen-bond acceptors (Lipinski definition) is 8. The summed E-state index contributed by atoms with van der Waals surface area (Å²) < 4.78 is 9.01. The van der Waals surface area contributed by atoms with Gasteiger partial charge < -0.3 is 0 Å². The predicted molar refractivity (Wildman–Crippen MR) is 123 cm³/mol. The third kappa shape index (κ3) is 4.57. The molecule has 2 N–H and O–H groups in total. The second kappa shape index (κ2) is 9.43. The second-order valence-electron chi connectivity index (χ2n) is 8.39. The number of aromatic nitrogens is 5. The normalized spacial score (nSPS) is 16.8. The average molecular weight is 495 g/mol. The van der Waals surface area contributed by atoms with Gasteiger partial charge in [-0.25, -0.2) is 0 Å². The molecular weight excluding hydrogens is 467 g/mol. The molecule has 1 aliphatic heterocycles. The first-order valence-electron chi connectivity index (χ1n) is 10.9. The van der Waals surface area contributed by atoms with E-state index in [1.54, 1.807) is 0 Å². The number of ether oxygens (including phenoxy) is 1. The van der Waals surface area contributed by atoms with E-state index in [1.165, 1.54) is 6.33 Å². The van der Waals surface area contributed by atoms with Crippen molar-refractivity contribution in [2.75, 3.05) is 18.8 Å². The summed E-state index contributed by atoms with van der Waals surface area (Å²) in [5, 5.41) is 14.2. The third-order valence-electron chi connectivity index (χ3n) is 5.84. The van der Waals surface area contributed by atoms with Crippen LogP contribution in [0.3, 0.4) is 0 Å². The second-order valence-corrected chi connectivity index (χ2v) is 11.4. The van der Waals surface area contributed by atoms with E-state index in [2.05, 4.69) is 41.7 Å². The molecule has 1 aliphatic rings. The van der Waals surface area contributed by atoms with Crippen LogP contribution >= 0.6 is 0 Å². The van der Waals surface area contributed by atoms with Crippen molar-refractivity contribution in [1.29, 1.82) is 5.26 Å². The van der Waals surface area contributed by atoms with Gasteiger partial charge >= 0.3 is 195 Å². The van der Waals surface area contributed by atoms with Gasteiger partial charge in [-0.3, -0.25) is 0 Å². The van der Waals surface area contributed by atoms with Crippen molar-refractivity contribution in [3.05, 3.63) is 35.5 Å². The number of rotatable bonds is 6. The molecule has 0 spiro atoms. The summed E-state index contributed by atoms with van der Waals surface area (Å²) in [4.78, 5) is 15.6. The molecule has 1 unspecified atom stereocenters. The number of likely N-dealkylation sites (tertiary alicyclic amines) is 1. The summed E-state index contributed by atoms with van der Waals surface area (Å²) in [5.74, 6) is 1.54. The van der Waals surface area contributed by atoms with Gasteiger partial charge in [0.25, 0.3) is 0 Å². The standard InChI is InChI=1S/C22H28AsN8O/c1-13(2)30-8-6-16(7-9-30)32-22-18-14(3)5-10-31(18)29-21(28-22)15(4)23-19-17(11-24)20(25)27-12-26-19/h5,10,12-13,15-16H,6-9H2,1-4H3,(H2,25,26,27). The zero-order valence-electron chi connectivity index (χ0n) is 18.9. The molecule has 0 aliphatic carbocycles. The van der Waals surface area contributed by atoms with Crippen LogP contribution in [-0.2, 0) is 0 Å². The van der Waals surface area contributed by atoms with Gasteiger partial charge in [0, 0.05) is 0 Å². The Morgan fingerprint density at radius 2 is 2.00 bits per heavy atom. The number of nitriles is 1. The van der Waals surface area contributed by atoms with E-state index in [-0.39, 0.29) is 16.6 Å². The van der Waals surface area contributed by atoms with Crippen LogP contribution in [0.4, 0.5) is 5.82 Å². The van der Waals surface area contributed by atoms with Gasteiger partial charge in [0.05, 0.1) is 0 Å². The summed E-state index contributed by atoms with van der Waals surface area (Å²) in [6.45, 7) is 10.6. The van der Waals surface area contributed by atoms with E-state index in [9.17, 15) is 5.26 Å². The number of nitrogen functional groups attached to an aromatic ring is 1. The first-order valence-corrected chi connectivity index (χ1v) is 12.9. The van der Waals surface area contributed by atoms with E-state index in [1.807, 2.05) is 23.7 Å². The van der Waals surface area contributed by atoms with Crippen molar-refractivity contribution < 1.29 is 4.74 Å². The van der Waals surface area contributed by atoms with Gasteiger partial charge in [0.1, 0.15) is 0 Å². The molecule has 0 bridgehead atoms. The molecule has 9 nitrogen and oxygen atoms in total. The Labute approximate surface area is 194 Å². The molecule has 4 rings (SSSR count). The summed E-state index contributed by atoms with van der Waals surface area (Å²) >= 11 is -0.535. The predicted octanol–water partition coefficient (Wildman–Crippen LogP) is 1.62. The molecule has 4 heterocycles. The minimum atomic E-state index is -0.535. The van der Waals surface area contributed by atoms with Crippen LogP contribution in [0.2, 0.25) is 0 Å². The number of aryl methyl sites for hydroxylation is 1. The Hall–Kier alpha value is -2.69. The fraction of sp³-hybridized carbons (Fsp3) is 0.500. The molecule has 1 fully saturated rings. The van der Waals surface area contributed by atoms with Crippen LogP contribution in [0.25, 0.3) is 5.52 Å².